The molecule has 13 heavy (non-hydrogen) atoms. The summed E-state index contributed by atoms with van der Waals surface area (Å²) in [5, 5.41) is 0. The van der Waals surface area contributed by atoms with Crippen molar-refractivity contribution in [3.05, 3.63) is 0 Å². The first-order valence-electron chi connectivity index (χ1n) is 5.53. The fourth-order valence-corrected chi connectivity index (χ4v) is 1.61. The van der Waals surface area contributed by atoms with E-state index in [1.165, 1.54) is 25.7 Å². The summed E-state index contributed by atoms with van der Waals surface area (Å²) in [5.41, 5.74) is 6.65. The van der Waals surface area contributed by atoms with Gasteiger partial charge in [0.2, 0.25) is 0 Å². The Bertz CT molecular complexity index is 135. The normalized spacial score (nSPS) is 17.1. The van der Waals surface area contributed by atoms with Crippen molar-refractivity contribution in [1.82, 2.24) is 0 Å². The second-order valence-electron chi connectivity index (χ2n) is 5.83. The highest BCUT2D eigenvalue weighted by atomic mass is 14.6. The predicted octanol–water partition coefficient (Wildman–Crippen LogP) is 3.58. The van der Waals surface area contributed by atoms with Gasteiger partial charge in [-0.25, -0.2) is 0 Å². The molecule has 0 saturated carbocycles. The maximum Gasteiger partial charge on any atom is -0.00232 e. The lowest BCUT2D eigenvalue weighted by molar-refractivity contribution is 0.224. The van der Waals surface area contributed by atoms with Crippen LogP contribution in [0.15, 0.2) is 0 Å². The van der Waals surface area contributed by atoms with Crippen molar-refractivity contribution in [1.29, 1.82) is 0 Å². The molecule has 2 N–H and O–H groups in total. The van der Waals surface area contributed by atoms with Crippen LogP contribution in [0.4, 0.5) is 0 Å². The lowest BCUT2D eigenvalue weighted by Gasteiger charge is -2.31. The van der Waals surface area contributed by atoms with Crippen molar-refractivity contribution < 1.29 is 0 Å². The lowest BCUT2D eigenvalue weighted by Crippen LogP contribution is -2.28. The third-order valence-electron chi connectivity index (χ3n) is 2.82. The number of hydrogen-bond acceptors (Lipinski definition) is 1. The van der Waals surface area contributed by atoms with Crippen LogP contribution in [0, 0.1) is 10.8 Å². The Kier molecular flexibility index (Phi) is 4.98. The maximum absolute atomic E-state index is 5.82. The Morgan fingerprint density at radius 2 is 1.46 bits per heavy atom. The van der Waals surface area contributed by atoms with Crippen molar-refractivity contribution in [2.45, 2.75) is 60.3 Å². The molecule has 0 aliphatic rings. The molecule has 0 aromatic carbocycles. The SMILES string of the molecule is CCCC(C)(CN)CCC(C)(C)C. The molecule has 0 radical (unpaired) electrons. The third-order valence-corrected chi connectivity index (χ3v) is 2.82. The van der Waals surface area contributed by atoms with Crippen LogP contribution < -0.4 is 5.73 Å². The average molecular weight is 185 g/mol. The molecule has 0 aliphatic heterocycles. The Labute approximate surface area is 84.1 Å². The molecular weight excluding hydrogens is 158 g/mol. The monoisotopic (exact) mass is 185 g/mol. The topological polar surface area (TPSA) is 26.0 Å². The van der Waals surface area contributed by atoms with E-state index < -0.39 is 0 Å². The highest BCUT2D eigenvalue weighted by molar-refractivity contribution is 4.77. The fraction of sp³-hybridized carbons (Fsp3) is 1.00. The van der Waals surface area contributed by atoms with Gasteiger partial charge in [0.15, 0.2) is 0 Å². The van der Waals surface area contributed by atoms with E-state index in [4.69, 9.17) is 5.73 Å². The van der Waals surface area contributed by atoms with E-state index in [0.29, 0.717) is 10.8 Å². The minimum absolute atomic E-state index is 0.377. The number of hydrogen-bond donors (Lipinski definition) is 1. The summed E-state index contributed by atoms with van der Waals surface area (Å²) in [4.78, 5) is 0. The van der Waals surface area contributed by atoms with Crippen LogP contribution >= 0.6 is 0 Å². The number of rotatable bonds is 5. The second kappa shape index (κ2) is 4.99. The van der Waals surface area contributed by atoms with E-state index in [-0.39, 0.29) is 0 Å². The molecule has 0 aromatic rings. The van der Waals surface area contributed by atoms with E-state index in [9.17, 15) is 0 Å². The molecule has 0 bridgehead atoms. The largest absolute Gasteiger partial charge is 0.330 e. The highest BCUT2D eigenvalue weighted by Crippen LogP contribution is 2.33. The average Bonchev–Trinajstić information content (AvgIpc) is 2.01. The van der Waals surface area contributed by atoms with E-state index in [0.717, 1.165) is 6.54 Å². The summed E-state index contributed by atoms with van der Waals surface area (Å²) in [7, 11) is 0. The van der Waals surface area contributed by atoms with Gasteiger partial charge in [-0.15, -0.1) is 0 Å². The summed E-state index contributed by atoms with van der Waals surface area (Å²) in [6.45, 7) is 12.3. The Hall–Kier alpha value is -0.0400. The molecule has 0 spiro atoms. The van der Waals surface area contributed by atoms with E-state index in [1.807, 2.05) is 0 Å². The quantitative estimate of drug-likeness (QED) is 0.696. The van der Waals surface area contributed by atoms with Gasteiger partial charge in [-0.2, -0.15) is 0 Å². The first-order valence-corrected chi connectivity index (χ1v) is 5.53. The molecule has 0 amide bonds. The molecule has 1 nitrogen and oxygen atoms in total. The van der Waals surface area contributed by atoms with Gasteiger partial charge in [-0.05, 0) is 36.6 Å². The van der Waals surface area contributed by atoms with Crippen LogP contribution in [0.1, 0.15) is 60.3 Å². The molecule has 0 aliphatic carbocycles. The maximum atomic E-state index is 5.82. The minimum atomic E-state index is 0.377. The zero-order chi connectivity index (χ0) is 10.5. The summed E-state index contributed by atoms with van der Waals surface area (Å²) in [6, 6.07) is 0. The smallest absolute Gasteiger partial charge is 0.00232 e. The van der Waals surface area contributed by atoms with Crippen molar-refractivity contribution in [3.8, 4) is 0 Å². The second-order valence-corrected chi connectivity index (χ2v) is 5.83. The Morgan fingerprint density at radius 1 is 0.923 bits per heavy atom. The van der Waals surface area contributed by atoms with Crippen molar-refractivity contribution in [2.24, 2.45) is 16.6 Å². The van der Waals surface area contributed by atoms with Crippen LogP contribution in [0.3, 0.4) is 0 Å². The van der Waals surface area contributed by atoms with Gasteiger partial charge in [0.05, 0.1) is 0 Å². The van der Waals surface area contributed by atoms with Crippen LogP contribution in [0.5, 0.6) is 0 Å². The molecule has 0 fully saturated rings. The first kappa shape index (κ1) is 13.0. The molecule has 0 rings (SSSR count). The minimum Gasteiger partial charge on any atom is -0.330 e. The lowest BCUT2D eigenvalue weighted by atomic mass is 9.76. The molecule has 0 heterocycles. The Balaban J connectivity index is 3.97. The van der Waals surface area contributed by atoms with E-state index >= 15 is 0 Å². The van der Waals surface area contributed by atoms with Crippen LogP contribution in [0.2, 0.25) is 0 Å². The van der Waals surface area contributed by atoms with Gasteiger partial charge >= 0.3 is 0 Å². The van der Waals surface area contributed by atoms with Crippen molar-refractivity contribution in [3.63, 3.8) is 0 Å². The number of nitrogens with two attached hydrogens (primary N) is 1. The molecule has 0 aromatic heterocycles. The van der Waals surface area contributed by atoms with Gasteiger partial charge in [0.25, 0.3) is 0 Å². The van der Waals surface area contributed by atoms with Gasteiger partial charge in [0.1, 0.15) is 0 Å². The van der Waals surface area contributed by atoms with Gasteiger partial charge in [-0.3, -0.25) is 0 Å². The standard InChI is InChI=1S/C12H27N/c1-6-7-12(5,10-13)9-8-11(2,3)4/h6-10,13H2,1-5H3. The summed E-state index contributed by atoms with van der Waals surface area (Å²) in [5.74, 6) is 0. The molecule has 1 atom stereocenters. The molecule has 80 valence electrons. The first-order chi connectivity index (χ1) is 5.83. The van der Waals surface area contributed by atoms with E-state index in [1.54, 1.807) is 0 Å². The van der Waals surface area contributed by atoms with Crippen LogP contribution in [-0.2, 0) is 0 Å². The van der Waals surface area contributed by atoms with Crippen molar-refractivity contribution >= 4 is 0 Å². The zero-order valence-electron chi connectivity index (χ0n) is 10.1. The summed E-state index contributed by atoms with van der Waals surface area (Å²) in [6.07, 6.45) is 5.05. The van der Waals surface area contributed by atoms with Gasteiger partial charge < -0.3 is 5.73 Å². The van der Waals surface area contributed by atoms with Crippen LogP contribution in [-0.4, -0.2) is 6.54 Å². The molecule has 1 heteroatoms. The van der Waals surface area contributed by atoms with Crippen molar-refractivity contribution in [2.75, 3.05) is 6.54 Å². The zero-order valence-corrected chi connectivity index (χ0v) is 10.1. The fourth-order valence-electron chi connectivity index (χ4n) is 1.61. The predicted molar refractivity (Wildman–Crippen MR) is 60.8 cm³/mol. The summed E-state index contributed by atoms with van der Waals surface area (Å²) < 4.78 is 0. The molecule has 0 saturated heterocycles. The van der Waals surface area contributed by atoms with Gasteiger partial charge in [-0.1, -0.05) is 41.0 Å². The van der Waals surface area contributed by atoms with E-state index in [2.05, 4.69) is 34.6 Å². The molecule has 1 unspecified atom stereocenters. The molecular formula is C12H27N. The highest BCUT2D eigenvalue weighted by Gasteiger charge is 2.23. The third kappa shape index (κ3) is 6.09. The Morgan fingerprint density at radius 3 is 1.77 bits per heavy atom. The summed E-state index contributed by atoms with van der Waals surface area (Å²) >= 11 is 0. The van der Waals surface area contributed by atoms with Gasteiger partial charge in [0, 0.05) is 0 Å². The van der Waals surface area contributed by atoms with Crippen LogP contribution in [0.25, 0.3) is 0 Å².